The molecule has 0 unspecified atom stereocenters. The van der Waals surface area contributed by atoms with E-state index in [0.29, 0.717) is 24.3 Å². The van der Waals surface area contributed by atoms with E-state index in [0.717, 1.165) is 0 Å². The minimum atomic E-state index is -0.664. The molecule has 0 spiro atoms. The van der Waals surface area contributed by atoms with E-state index in [9.17, 15) is 14.4 Å². The number of esters is 1. The van der Waals surface area contributed by atoms with Crippen LogP contribution in [-0.2, 0) is 14.3 Å². The van der Waals surface area contributed by atoms with Crippen LogP contribution >= 0.6 is 0 Å². The van der Waals surface area contributed by atoms with Crippen molar-refractivity contribution in [3.05, 3.63) is 23.8 Å². The van der Waals surface area contributed by atoms with Gasteiger partial charge < -0.3 is 14.5 Å². The number of hydrogen-bond donors (Lipinski definition) is 0. The van der Waals surface area contributed by atoms with Gasteiger partial charge in [-0.05, 0) is 39.8 Å². The molecule has 6 nitrogen and oxygen atoms in total. The first kappa shape index (κ1) is 20.7. The monoisotopic (exact) mass is 348 g/mol. The maximum Gasteiger partial charge on any atom is 0.340 e. The van der Waals surface area contributed by atoms with E-state index in [4.69, 9.17) is 4.74 Å². The lowest BCUT2D eigenvalue weighted by atomic mass is 10.1. The van der Waals surface area contributed by atoms with E-state index in [2.05, 4.69) is 0 Å². The molecule has 0 aromatic heterocycles. The van der Waals surface area contributed by atoms with Crippen molar-refractivity contribution in [2.45, 2.75) is 53.6 Å². The summed E-state index contributed by atoms with van der Waals surface area (Å²) in [6.07, 6.45) is 0.291. The van der Waals surface area contributed by atoms with Gasteiger partial charge in [-0.2, -0.15) is 0 Å². The number of hydrogen-bond acceptors (Lipinski definition) is 4. The van der Waals surface area contributed by atoms with Crippen LogP contribution in [0.25, 0.3) is 0 Å². The molecule has 0 N–H and O–H groups in total. The van der Waals surface area contributed by atoms with E-state index < -0.39 is 11.6 Å². The van der Waals surface area contributed by atoms with Gasteiger partial charge in [0.1, 0.15) is 5.60 Å². The molecular weight excluding hydrogens is 320 g/mol. The van der Waals surface area contributed by atoms with Crippen molar-refractivity contribution >= 4 is 29.2 Å². The standard InChI is InChI=1S/C19H28N2O4/c1-8-16(23)21(9-2)17-14(18(24)25-19(4,5)6)11-10-12-15(17)20(7)13(3)22/h10-12H,8-9H2,1-7H3. The zero-order chi connectivity index (χ0) is 19.4. The van der Waals surface area contributed by atoms with Crippen molar-refractivity contribution in [3.8, 4) is 0 Å². The van der Waals surface area contributed by atoms with Crippen molar-refractivity contribution < 1.29 is 19.1 Å². The Kier molecular flexibility index (Phi) is 6.73. The summed E-state index contributed by atoms with van der Waals surface area (Å²) in [7, 11) is 1.62. The fourth-order valence-electron chi connectivity index (χ4n) is 2.40. The first-order valence-corrected chi connectivity index (χ1v) is 8.44. The summed E-state index contributed by atoms with van der Waals surface area (Å²) in [5.41, 5.74) is 0.510. The van der Waals surface area contributed by atoms with E-state index in [1.54, 1.807) is 52.9 Å². The molecule has 0 saturated heterocycles. The van der Waals surface area contributed by atoms with Crippen molar-refractivity contribution in [1.82, 2.24) is 0 Å². The molecule has 2 amide bonds. The average molecular weight is 348 g/mol. The Morgan fingerprint density at radius 2 is 1.72 bits per heavy atom. The normalized spacial score (nSPS) is 11.0. The number of carbonyl (C=O) groups excluding carboxylic acids is 3. The highest BCUT2D eigenvalue weighted by Gasteiger charge is 2.28. The van der Waals surface area contributed by atoms with Gasteiger partial charge in [-0.3, -0.25) is 9.59 Å². The molecule has 0 heterocycles. The SMILES string of the molecule is CCC(=O)N(CC)c1c(C(=O)OC(C)(C)C)cccc1N(C)C(C)=O. The Hall–Kier alpha value is -2.37. The lowest BCUT2D eigenvalue weighted by Crippen LogP contribution is -2.35. The maximum absolute atomic E-state index is 12.7. The van der Waals surface area contributed by atoms with Crippen LogP contribution in [0.5, 0.6) is 0 Å². The Bertz CT molecular complexity index is 662. The van der Waals surface area contributed by atoms with Crippen LogP contribution in [0.1, 0.15) is 58.3 Å². The molecule has 0 bridgehead atoms. The van der Waals surface area contributed by atoms with Gasteiger partial charge in [0.25, 0.3) is 0 Å². The van der Waals surface area contributed by atoms with Gasteiger partial charge in [0.05, 0.1) is 16.9 Å². The zero-order valence-corrected chi connectivity index (χ0v) is 16.2. The van der Waals surface area contributed by atoms with Gasteiger partial charge in [0, 0.05) is 26.9 Å². The molecule has 138 valence electrons. The first-order chi connectivity index (χ1) is 11.5. The van der Waals surface area contributed by atoms with Gasteiger partial charge in [-0.15, -0.1) is 0 Å². The summed E-state index contributed by atoms with van der Waals surface area (Å²) in [5, 5.41) is 0. The van der Waals surface area contributed by atoms with Crippen LogP contribution in [0, 0.1) is 0 Å². The second kappa shape index (κ2) is 8.14. The van der Waals surface area contributed by atoms with Crippen LogP contribution in [0.4, 0.5) is 11.4 Å². The summed E-state index contributed by atoms with van der Waals surface area (Å²) in [5.74, 6) is -0.844. The molecule has 0 aliphatic heterocycles. The number of anilines is 2. The third kappa shape index (κ3) is 5.05. The minimum Gasteiger partial charge on any atom is -0.456 e. The quantitative estimate of drug-likeness (QED) is 0.765. The van der Waals surface area contributed by atoms with E-state index in [1.165, 1.54) is 16.7 Å². The smallest absolute Gasteiger partial charge is 0.340 e. The summed E-state index contributed by atoms with van der Waals surface area (Å²) in [6, 6.07) is 5.02. The summed E-state index contributed by atoms with van der Waals surface area (Å²) in [4.78, 5) is 39.9. The molecular formula is C19H28N2O4. The second-order valence-electron chi connectivity index (χ2n) is 6.74. The molecule has 25 heavy (non-hydrogen) atoms. The van der Waals surface area contributed by atoms with Crippen LogP contribution in [0.15, 0.2) is 18.2 Å². The van der Waals surface area contributed by atoms with Crippen molar-refractivity contribution in [1.29, 1.82) is 0 Å². The number of amides is 2. The van der Waals surface area contributed by atoms with Crippen LogP contribution in [-0.4, -0.2) is 37.0 Å². The molecule has 0 aliphatic carbocycles. The van der Waals surface area contributed by atoms with Gasteiger partial charge in [-0.25, -0.2) is 4.79 Å². The number of nitrogens with zero attached hydrogens (tertiary/aromatic N) is 2. The summed E-state index contributed by atoms with van der Waals surface area (Å²) >= 11 is 0. The summed E-state index contributed by atoms with van der Waals surface area (Å²) < 4.78 is 5.49. The highest BCUT2D eigenvalue weighted by Crippen LogP contribution is 2.34. The zero-order valence-electron chi connectivity index (χ0n) is 16.2. The Balaban J connectivity index is 3.61. The van der Waals surface area contributed by atoms with Gasteiger partial charge in [0.15, 0.2) is 0 Å². The maximum atomic E-state index is 12.7. The predicted molar refractivity (Wildman–Crippen MR) is 99.0 cm³/mol. The van der Waals surface area contributed by atoms with Crippen LogP contribution in [0.3, 0.4) is 0 Å². The van der Waals surface area contributed by atoms with Crippen molar-refractivity contribution in [3.63, 3.8) is 0 Å². The third-order valence-electron chi connectivity index (χ3n) is 3.66. The molecule has 0 fully saturated rings. The number of carbonyl (C=O) groups is 3. The van der Waals surface area contributed by atoms with Gasteiger partial charge in [0.2, 0.25) is 11.8 Å². The fourth-order valence-corrected chi connectivity index (χ4v) is 2.40. The fraction of sp³-hybridized carbons (Fsp3) is 0.526. The van der Waals surface area contributed by atoms with E-state index in [-0.39, 0.29) is 17.4 Å². The lowest BCUT2D eigenvalue weighted by Gasteiger charge is -2.29. The van der Waals surface area contributed by atoms with Gasteiger partial charge >= 0.3 is 5.97 Å². The van der Waals surface area contributed by atoms with E-state index in [1.807, 2.05) is 6.92 Å². The topological polar surface area (TPSA) is 66.9 Å². The number of benzene rings is 1. The number of rotatable bonds is 5. The number of ether oxygens (including phenoxy) is 1. The molecule has 1 rings (SSSR count). The Labute approximate surface area is 149 Å². The lowest BCUT2D eigenvalue weighted by molar-refractivity contribution is -0.118. The molecule has 1 aromatic carbocycles. The minimum absolute atomic E-state index is 0.128. The molecule has 1 aromatic rings. The second-order valence-corrected chi connectivity index (χ2v) is 6.74. The first-order valence-electron chi connectivity index (χ1n) is 8.44. The molecule has 0 saturated carbocycles. The highest BCUT2D eigenvalue weighted by atomic mass is 16.6. The molecule has 6 heteroatoms. The molecule has 0 aliphatic rings. The van der Waals surface area contributed by atoms with Crippen LogP contribution < -0.4 is 9.80 Å². The van der Waals surface area contributed by atoms with Gasteiger partial charge in [-0.1, -0.05) is 13.0 Å². The highest BCUT2D eigenvalue weighted by molar-refractivity contribution is 6.09. The molecule has 0 radical (unpaired) electrons. The molecule has 0 atom stereocenters. The van der Waals surface area contributed by atoms with Crippen LogP contribution in [0.2, 0.25) is 0 Å². The summed E-state index contributed by atoms with van der Waals surface area (Å²) in [6.45, 7) is 10.8. The van der Waals surface area contributed by atoms with Crippen molar-refractivity contribution in [2.75, 3.05) is 23.4 Å². The predicted octanol–water partition coefficient (Wildman–Crippen LogP) is 3.39. The van der Waals surface area contributed by atoms with Crippen molar-refractivity contribution in [2.24, 2.45) is 0 Å². The Morgan fingerprint density at radius 3 is 2.16 bits per heavy atom. The number of para-hydroxylation sites is 1. The Morgan fingerprint density at radius 1 is 1.12 bits per heavy atom. The third-order valence-corrected chi connectivity index (χ3v) is 3.66. The largest absolute Gasteiger partial charge is 0.456 e. The van der Waals surface area contributed by atoms with E-state index >= 15 is 0 Å². The average Bonchev–Trinajstić information content (AvgIpc) is 2.52.